The van der Waals surface area contributed by atoms with E-state index < -0.39 is 17.2 Å². The van der Waals surface area contributed by atoms with Crippen LogP contribution in [0.2, 0.25) is 0 Å². The minimum absolute atomic E-state index is 0.233. The van der Waals surface area contributed by atoms with E-state index in [9.17, 15) is 13.6 Å². The summed E-state index contributed by atoms with van der Waals surface area (Å²) in [5.74, 6) is -1.35. The van der Waals surface area contributed by atoms with Gasteiger partial charge in [0.25, 0.3) is 5.91 Å². The Labute approximate surface area is 133 Å². The van der Waals surface area contributed by atoms with Gasteiger partial charge in [0.1, 0.15) is 17.3 Å². The fourth-order valence-electron chi connectivity index (χ4n) is 3.22. The van der Waals surface area contributed by atoms with Crippen molar-refractivity contribution >= 4 is 11.6 Å². The Morgan fingerprint density at radius 3 is 3.04 bits per heavy atom. The van der Waals surface area contributed by atoms with Crippen molar-refractivity contribution in [3.63, 3.8) is 0 Å². The average Bonchev–Trinajstić information content (AvgIpc) is 2.93. The maximum absolute atomic E-state index is 13.8. The molecule has 1 aromatic carbocycles. The zero-order valence-electron chi connectivity index (χ0n) is 12.9. The van der Waals surface area contributed by atoms with E-state index in [4.69, 9.17) is 4.84 Å². The number of benzene rings is 1. The molecule has 1 amide bonds. The highest BCUT2D eigenvalue weighted by atomic mass is 19.1. The highest BCUT2D eigenvalue weighted by Crippen LogP contribution is 2.34. The number of nitrogens with zero attached hydrogens (tertiary/aromatic N) is 2. The molecule has 1 aromatic rings. The molecule has 0 radical (unpaired) electrons. The van der Waals surface area contributed by atoms with Gasteiger partial charge in [-0.15, -0.1) is 0 Å². The third kappa shape index (κ3) is 3.34. The van der Waals surface area contributed by atoms with Crippen LogP contribution in [0.1, 0.15) is 24.8 Å². The monoisotopic (exact) mass is 323 g/mol. The molecule has 2 aliphatic rings. The van der Waals surface area contributed by atoms with Crippen molar-refractivity contribution in [1.29, 1.82) is 0 Å². The lowest BCUT2D eigenvalue weighted by Gasteiger charge is -2.38. The van der Waals surface area contributed by atoms with E-state index in [-0.39, 0.29) is 5.91 Å². The molecule has 7 heteroatoms. The Morgan fingerprint density at radius 1 is 1.48 bits per heavy atom. The van der Waals surface area contributed by atoms with Gasteiger partial charge < -0.3 is 10.2 Å². The molecular formula is C16H19F2N3O2. The van der Waals surface area contributed by atoms with Crippen LogP contribution in [-0.2, 0) is 16.2 Å². The number of likely N-dealkylation sites (tertiary alicyclic amines) is 1. The molecule has 2 heterocycles. The molecule has 0 bridgehead atoms. The Hall–Kier alpha value is -2.02. The summed E-state index contributed by atoms with van der Waals surface area (Å²) >= 11 is 0. The van der Waals surface area contributed by atoms with Gasteiger partial charge in [0, 0.05) is 38.2 Å². The molecule has 1 spiro atoms. The Bertz CT molecular complexity index is 650. The molecule has 1 unspecified atom stereocenters. The zero-order valence-corrected chi connectivity index (χ0v) is 12.9. The van der Waals surface area contributed by atoms with Gasteiger partial charge in [0.05, 0.1) is 0 Å². The van der Waals surface area contributed by atoms with E-state index in [0.717, 1.165) is 25.5 Å². The minimum atomic E-state index is -0.580. The number of hydrogen-bond donors (Lipinski definition) is 1. The van der Waals surface area contributed by atoms with Crippen molar-refractivity contribution in [3.05, 3.63) is 35.4 Å². The van der Waals surface area contributed by atoms with Crippen molar-refractivity contribution < 1.29 is 18.4 Å². The van der Waals surface area contributed by atoms with Crippen LogP contribution in [0.25, 0.3) is 0 Å². The highest BCUT2D eigenvalue weighted by Gasteiger charge is 2.44. The molecule has 3 rings (SSSR count). The van der Waals surface area contributed by atoms with Crippen LogP contribution in [0, 0.1) is 11.6 Å². The summed E-state index contributed by atoms with van der Waals surface area (Å²) < 4.78 is 26.8. The first-order valence-corrected chi connectivity index (χ1v) is 7.65. The molecule has 1 atom stereocenters. The zero-order chi connectivity index (χ0) is 16.4. The number of piperidine rings is 1. The second-order valence-corrected chi connectivity index (χ2v) is 6.12. The molecule has 2 aliphatic heterocycles. The summed E-state index contributed by atoms with van der Waals surface area (Å²) in [7, 11) is 1.56. The second kappa shape index (κ2) is 6.23. The first kappa shape index (κ1) is 15.9. The summed E-state index contributed by atoms with van der Waals surface area (Å²) in [4.78, 5) is 19.3. The van der Waals surface area contributed by atoms with Crippen LogP contribution < -0.4 is 5.32 Å². The van der Waals surface area contributed by atoms with Crippen molar-refractivity contribution in [3.8, 4) is 0 Å². The van der Waals surface area contributed by atoms with Gasteiger partial charge in [0.15, 0.2) is 5.60 Å². The predicted octanol–water partition coefficient (Wildman–Crippen LogP) is 1.82. The topological polar surface area (TPSA) is 53.9 Å². The van der Waals surface area contributed by atoms with E-state index in [1.165, 1.54) is 12.1 Å². The third-order valence-electron chi connectivity index (χ3n) is 4.36. The molecule has 1 fully saturated rings. The van der Waals surface area contributed by atoms with Gasteiger partial charge in [-0.1, -0.05) is 11.2 Å². The second-order valence-electron chi connectivity index (χ2n) is 6.12. The van der Waals surface area contributed by atoms with Crippen LogP contribution in [0.3, 0.4) is 0 Å². The number of hydrogen-bond acceptors (Lipinski definition) is 4. The van der Waals surface area contributed by atoms with Crippen LogP contribution in [0.15, 0.2) is 23.4 Å². The lowest BCUT2D eigenvalue weighted by Crippen LogP contribution is -2.48. The number of carbonyl (C=O) groups is 1. The molecule has 0 aromatic heterocycles. The maximum atomic E-state index is 13.8. The summed E-state index contributed by atoms with van der Waals surface area (Å²) in [5, 5.41) is 6.45. The summed E-state index contributed by atoms with van der Waals surface area (Å²) in [6, 6.07) is 3.62. The lowest BCUT2D eigenvalue weighted by atomic mass is 9.88. The Morgan fingerprint density at radius 2 is 2.30 bits per heavy atom. The fraction of sp³-hybridized carbons (Fsp3) is 0.500. The predicted molar refractivity (Wildman–Crippen MR) is 80.8 cm³/mol. The molecule has 1 N–H and O–H groups in total. The first-order chi connectivity index (χ1) is 11.0. The molecule has 5 nitrogen and oxygen atoms in total. The van der Waals surface area contributed by atoms with Crippen LogP contribution in [-0.4, -0.2) is 42.3 Å². The van der Waals surface area contributed by atoms with E-state index in [1.807, 2.05) is 0 Å². The van der Waals surface area contributed by atoms with Crippen molar-refractivity contribution in [1.82, 2.24) is 10.2 Å². The Balaban J connectivity index is 1.66. The van der Waals surface area contributed by atoms with E-state index in [1.54, 1.807) is 7.05 Å². The summed E-state index contributed by atoms with van der Waals surface area (Å²) in [6.07, 6.45) is 2.13. The van der Waals surface area contributed by atoms with Gasteiger partial charge in [-0.2, -0.15) is 0 Å². The maximum Gasteiger partial charge on any atom is 0.268 e. The Kier molecular flexibility index (Phi) is 4.30. The van der Waals surface area contributed by atoms with Crippen LogP contribution in [0.4, 0.5) is 8.78 Å². The lowest BCUT2D eigenvalue weighted by molar-refractivity contribution is -0.114. The number of nitrogens with one attached hydrogen (secondary N) is 1. The van der Waals surface area contributed by atoms with Crippen molar-refractivity contribution in [2.24, 2.45) is 5.16 Å². The normalized spacial score (nSPS) is 24.4. The SMILES string of the molecule is CNC(=O)C1=NOC2(CCCN(Cc3ccc(F)cc3F)C2)C1. The molecule has 23 heavy (non-hydrogen) atoms. The first-order valence-electron chi connectivity index (χ1n) is 7.65. The van der Waals surface area contributed by atoms with Crippen LogP contribution >= 0.6 is 0 Å². The van der Waals surface area contributed by atoms with Gasteiger partial charge in [0.2, 0.25) is 0 Å². The largest absolute Gasteiger partial charge is 0.387 e. The average molecular weight is 323 g/mol. The summed E-state index contributed by atoms with van der Waals surface area (Å²) in [5.41, 5.74) is 0.326. The molecule has 124 valence electrons. The van der Waals surface area contributed by atoms with Gasteiger partial charge in [-0.25, -0.2) is 8.78 Å². The number of carbonyl (C=O) groups excluding carboxylic acids is 1. The van der Waals surface area contributed by atoms with Gasteiger partial charge >= 0.3 is 0 Å². The van der Waals surface area contributed by atoms with Crippen LogP contribution in [0.5, 0.6) is 0 Å². The third-order valence-corrected chi connectivity index (χ3v) is 4.36. The van der Waals surface area contributed by atoms with E-state index >= 15 is 0 Å². The summed E-state index contributed by atoms with van der Waals surface area (Å²) in [6.45, 7) is 1.75. The molecule has 0 aliphatic carbocycles. The van der Waals surface area contributed by atoms with Gasteiger partial charge in [-0.3, -0.25) is 9.69 Å². The number of rotatable bonds is 3. The fourth-order valence-corrected chi connectivity index (χ4v) is 3.22. The highest BCUT2D eigenvalue weighted by molar-refractivity contribution is 6.39. The number of halogens is 2. The van der Waals surface area contributed by atoms with Crippen molar-refractivity contribution in [2.75, 3.05) is 20.1 Å². The number of amides is 1. The minimum Gasteiger partial charge on any atom is -0.387 e. The van der Waals surface area contributed by atoms with Crippen molar-refractivity contribution in [2.45, 2.75) is 31.4 Å². The molecular weight excluding hydrogens is 304 g/mol. The quantitative estimate of drug-likeness (QED) is 0.923. The van der Waals surface area contributed by atoms with E-state index in [2.05, 4.69) is 15.4 Å². The smallest absolute Gasteiger partial charge is 0.268 e. The van der Waals surface area contributed by atoms with E-state index in [0.29, 0.717) is 30.8 Å². The number of oxime groups is 1. The standard InChI is InChI=1S/C16H19F2N3O2/c1-19-15(22)14-8-16(23-20-14)5-2-6-21(10-16)9-11-3-4-12(17)7-13(11)18/h3-4,7H,2,5-6,8-10H2,1H3,(H,19,22). The molecule has 1 saturated heterocycles. The van der Waals surface area contributed by atoms with Gasteiger partial charge in [-0.05, 0) is 25.5 Å². The molecule has 0 saturated carbocycles.